The highest BCUT2D eigenvalue weighted by Crippen LogP contribution is 2.28. The molecule has 0 unspecified atom stereocenters. The van der Waals surface area contributed by atoms with Crippen LogP contribution in [0.5, 0.6) is 0 Å². The van der Waals surface area contributed by atoms with E-state index in [4.69, 9.17) is 0 Å². The van der Waals surface area contributed by atoms with E-state index in [2.05, 4.69) is 55.3 Å². The molecule has 0 fully saturated rings. The summed E-state index contributed by atoms with van der Waals surface area (Å²) in [5.74, 6) is 0.122. The standard InChI is InChI=1S/C21H27N3O/c1-4-23(5-2)18-10-11-19(16(3)14-18)22-15-21(25)24-13-12-17-8-6-7-9-20(17)24/h6-11,14,22H,4-5,12-13,15H2,1-3H3. The Balaban J connectivity index is 1.65. The van der Waals surface area contributed by atoms with Gasteiger partial charge in [-0.2, -0.15) is 0 Å². The molecule has 1 amide bonds. The first kappa shape index (κ1) is 17.3. The summed E-state index contributed by atoms with van der Waals surface area (Å²) in [5, 5.41) is 3.31. The van der Waals surface area contributed by atoms with Crippen LogP contribution < -0.4 is 15.1 Å². The summed E-state index contributed by atoms with van der Waals surface area (Å²) in [6.45, 7) is 9.50. The van der Waals surface area contributed by atoms with Crippen molar-refractivity contribution in [2.75, 3.05) is 41.3 Å². The van der Waals surface area contributed by atoms with E-state index in [0.717, 1.165) is 37.4 Å². The Bertz CT molecular complexity index is 753. The summed E-state index contributed by atoms with van der Waals surface area (Å²) in [6.07, 6.45) is 0.944. The van der Waals surface area contributed by atoms with Crippen LogP contribution in [0.2, 0.25) is 0 Å². The fourth-order valence-electron chi connectivity index (χ4n) is 3.50. The van der Waals surface area contributed by atoms with Crippen molar-refractivity contribution in [2.24, 2.45) is 0 Å². The van der Waals surface area contributed by atoms with Crippen LogP contribution in [0.4, 0.5) is 17.1 Å². The van der Waals surface area contributed by atoms with Gasteiger partial charge in [-0.05, 0) is 62.6 Å². The smallest absolute Gasteiger partial charge is 0.246 e. The topological polar surface area (TPSA) is 35.6 Å². The van der Waals surface area contributed by atoms with Crippen LogP contribution in [-0.2, 0) is 11.2 Å². The summed E-state index contributed by atoms with van der Waals surface area (Å²) in [4.78, 5) is 16.8. The number of carbonyl (C=O) groups excluding carboxylic acids is 1. The van der Waals surface area contributed by atoms with Crippen molar-refractivity contribution in [3.05, 3.63) is 53.6 Å². The van der Waals surface area contributed by atoms with Crippen molar-refractivity contribution in [3.63, 3.8) is 0 Å². The molecule has 0 saturated carbocycles. The third-order valence-electron chi connectivity index (χ3n) is 4.96. The average molecular weight is 337 g/mol. The number of nitrogens with one attached hydrogen (secondary N) is 1. The van der Waals surface area contributed by atoms with Crippen molar-refractivity contribution in [3.8, 4) is 0 Å². The number of hydrogen-bond donors (Lipinski definition) is 1. The molecule has 4 heteroatoms. The average Bonchev–Trinajstić information content (AvgIpc) is 3.06. The molecule has 1 heterocycles. The SMILES string of the molecule is CCN(CC)c1ccc(NCC(=O)N2CCc3ccccc32)c(C)c1. The number of nitrogens with zero attached hydrogens (tertiary/aromatic N) is 2. The molecule has 2 aromatic rings. The molecular weight excluding hydrogens is 310 g/mol. The highest BCUT2D eigenvalue weighted by atomic mass is 16.2. The van der Waals surface area contributed by atoms with Crippen LogP contribution in [-0.4, -0.2) is 32.1 Å². The quantitative estimate of drug-likeness (QED) is 0.870. The predicted molar refractivity (Wildman–Crippen MR) is 106 cm³/mol. The van der Waals surface area contributed by atoms with Gasteiger partial charge in [0, 0.05) is 36.7 Å². The molecule has 0 saturated heterocycles. The lowest BCUT2D eigenvalue weighted by atomic mass is 10.1. The van der Waals surface area contributed by atoms with Gasteiger partial charge in [-0.1, -0.05) is 18.2 Å². The van der Waals surface area contributed by atoms with Gasteiger partial charge in [0.25, 0.3) is 0 Å². The predicted octanol–water partition coefficient (Wildman–Crippen LogP) is 3.84. The Kier molecular flexibility index (Phi) is 5.27. The van der Waals surface area contributed by atoms with Crippen molar-refractivity contribution >= 4 is 23.0 Å². The number of benzene rings is 2. The summed E-state index contributed by atoms with van der Waals surface area (Å²) in [5.41, 5.74) is 5.74. The molecule has 1 aliphatic heterocycles. The maximum atomic E-state index is 12.6. The molecule has 0 spiro atoms. The number of para-hydroxylation sites is 1. The summed E-state index contributed by atoms with van der Waals surface area (Å²) >= 11 is 0. The van der Waals surface area contributed by atoms with Gasteiger partial charge in [0.05, 0.1) is 6.54 Å². The number of rotatable bonds is 6. The van der Waals surface area contributed by atoms with Crippen molar-refractivity contribution < 1.29 is 4.79 Å². The molecule has 0 radical (unpaired) electrons. The molecule has 0 aromatic heterocycles. The molecule has 0 aliphatic carbocycles. The number of amides is 1. The molecular formula is C21H27N3O. The van der Waals surface area contributed by atoms with E-state index in [1.807, 2.05) is 23.1 Å². The van der Waals surface area contributed by atoms with E-state index >= 15 is 0 Å². The molecule has 0 atom stereocenters. The monoisotopic (exact) mass is 337 g/mol. The Hall–Kier alpha value is -2.49. The van der Waals surface area contributed by atoms with Crippen LogP contribution in [0.3, 0.4) is 0 Å². The van der Waals surface area contributed by atoms with Crippen LogP contribution in [0.15, 0.2) is 42.5 Å². The molecule has 2 aromatic carbocycles. The van der Waals surface area contributed by atoms with Crippen molar-refractivity contribution in [2.45, 2.75) is 27.2 Å². The minimum absolute atomic E-state index is 0.122. The van der Waals surface area contributed by atoms with E-state index in [-0.39, 0.29) is 5.91 Å². The van der Waals surface area contributed by atoms with Crippen LogP contribution in [0.25, 0.3) is 0 Å². The number of aryl methyl sites for hydroxylation is 1. The van der Waals surface area contributed by atoms with Gasteiger partial charge in [0.2, 0.25) is 5.91 Å². The van der Waals surface area contributed by atoms with E-state index < -0.39 is 0 Å². The van der Waals surface area contributed by atoms with Crippen LogP contribution >= 0.6 is 0 Å². The minimum Gasteiger partial charge on any atom is -0.376 e. The third-order valence-corrected chi connectivity index (χ3v) is 4.96. The second-order valence-corrected chi connectivity index (χ2v) is 6.45. The molecule has 1 N–H and O–H groups in total. The lowest BCUT2D eigenvalue weighted by Crippen LogP contribution is -2.34. The van der Waals surface area contributed by atoms with Gasteiger partial charge in [0.1, 0.15) is 0 Å². The fourth-order valence-corrected chi connectivity index (χ4v) is 3.50. The Morgan fingerprint density at radius 3 is 2.64 bits per heavy atom. The van der Waals surface area contributed by atoms with Crippen molar-refractivity contribution in [1.82, 2.24) is 0 Å². The normalized spacial score (nSPS) is 12.8. The maximum absolute atomic E-state index is 12.6. The van der Waals surface area contributed by atoms with E-state index in [0.29, 0.717) is 6.54 Å². The Morgan fingerprint density at radius 1 is 1.16 bits per heavy atom. The first-order valence-corrected chi connectivity index (χ1v) is 9.11. The lowest BCUT2D eigenvalue weighted by molar-refractivity contribution is -0.116. The van der Waals surface area contributed by atoms with E-state index in [1.54, 1.807) is 0 Å². The summed E-state index contributed by atoms with van der Waals surface area (Å²) in [7, 11) is 0. The number of anilines is 3. The second kappa shape index (κ2) is 7.60. The highest BCUT2D eigenvalue weighted by Gasteiger charge is 2.23. The molecule has 1 aliphatic rings. The molecule has 25 heavy (non-hydrogen) atoms. The van der Waals surface area contributed by atoms with Gasteiger partial charge in [-0.25, -0.2) is 0 Å². The number of carbonyl (C=O) groups is 1. The van der Waals surface area contributed by atoms with E-state index in [1.165, 1.54) is 16.8 Å². The zero-order valence-corrected chi connectivity index (χ0v) is 15.4. The zero-order chi connectivity index (χ0) is 17.8. The molecule has 3 rings (SSSR count). The first-order valence-electron chi connectivity index (χ1n) is 9.11. The number of hydrogen-bond acceptors (Lipinski definition) is 3. The van der Waals surface area contributed by atoms with Gasteiger partial charge in [-0.3, -0.25) is 4.79 Å². The number of fused-ring (bicyclic) bond motifs is 1. The van der Waals surface area contributed by atoms with Crippen molar-refractivity contribution in [1.29, 1.82) is 0 Å². The molecule has 4 nitrogen and oxygen atoms in total. The minimum atomic E-state index is 0.122. The molecule has 132 valence electrons. The van der Waals surface area contributed by atoms with Gasteiger partial charge < -0.3 is 15.1 Å². The summed E-state index contributed by atoms with van der Waals surface area (Å²) < 4.78 is 0. The van der Waals surface area contributed by atoms with E-state index in [9.17, 15) is 4.79 Å². The zero-order valence-electron chi connectivity index (χ0n) is 15.4. The molecule has 0 bridgehead atoms. The van der Waals surface area contributed by atoms with Gasteiger partial charge >= 0.3 is 0 Å². The largest absolute Gasteiger partial charge is 0.376 e. The Morgan fingerprint density at radius 2 is 1.92 bits per heavy atom. The maximum Gasteiger partial charge on any atom is 0.246 e. The Labute approximate surface area is 150 Å². The third kappa shape index (κ3) is 3.63. The first-order chi connectivity index (χ1) is 12.1. The van der Waals surface area contributed by atoms with Gasteiger partial charge in [0.15, 0.2) is 0 Å². The fraction of sp³-hybridized carbons (Fsp3) is 0.381. The second-order valence-electron chi connectivity index (χ2n) is 6.45. The lowest BCUT2D eigenvalue weighted by Gasteiger charge is -2.23. The highest BCUT2D eigenvalue weighted by molar-refractivity contribution is 5.98. The van der Waals surface area contributed by atoms with Crippen LogP contribution in [0.1, 0.15) is 25.0 Å². The van der Waals surface area contributed by atoms with Gasteiger partial charge in [-0.15, -0.1) is 0 Å². The summed E-state index contributed by atoms with van der Waals surface area (Å²) in [6, 6.07) is 14.5. The van der Waals surface area contributed by atoms with Crippen LogP contribution in [0, 0.1) is 6.92 Å².